The molecule has 1 aliphatic carbocycles. The summed E-state index contributed by atoms with van der Waals surface area (Å²) < 4.78 is 2.12. The van der Waals surface area contributed by atoms with Crippen molar-refractivity contribution in [1.82, 2.24) is 19.8 Å². The van der Waals surface area contributed by atoms with Gasteiger partial charge in [-0.05, 0) is 38.8 Å². The number of rotatable bonds is 6. The van der Waals surface area contributed by atoms with E-state index in [2.05, 4.69) is 47.7 Å². The summed E-state index contributed by atoms with van der Waals surface area (Å²) in [5.41, 5.74) is 0. The van der Waals surface area contributed by atoms with Gasteiger partial charge in [-0.25, -0.2) is 4.98 Å². The summed E-state index contributed by atoms with van der Waals surface area (Å²) in [6.07, 6.45) is 9.23. The molecule has 0 spiro atoms. The maximum absolute atomic E-state index is 4.46. The zero-order chi connectivity index (χ0) is 14.5. The number of hydrogen-bond acceptors (Lipinski definition) is 3. The number of nitrogens with zero attached hydrogens (tertiary/aromatic N) is 3. The molecule has 0 amide bonds. The van der Waals surface area contributed by atoms with E-state index < -0.39 is 0 Å². The molecule has 4 heteroatoms. The molecule has 0 aliphatic heterocycles. The van der Waals surface area contributed by atoms with Gasteiger partial charge in [0.05, 0.1) is 6.54 Å². The highest BCUT2D eigenvalue weighted by atomic mass is 15.2. The summed E-state index contributed by atoms with van der Waals surface area (Å²) in [5, 5.41) is 3.69. The number of hydrogen-bond donors (Lipinski definition) is 1. The van der Waals surface area contributed by atoms with Crippen LogP contribution in [0.15, 0.2) is 12.4 Å². The van der Waals surface area contributed by atoms with Crippen LogP contribution < -0.4 is 5.32 Å². The first kappa shape index (κ1) is 15.5. The molecule has 1 N–H and O–H groups in total. The number of aromatic nitrogens is 2. The van der Waals surface area contributed by atoms with Crippen molar-refractivity contribution in [2.24, 2.45) is 13.0 Å². The van der Waals surface area contributed by atoms with Crippen LogP contribution in [0.1, 0.15) is 45.4 Å². The summed E-state index contributed by atoms with van der Waals surface area (Å²) in [4.78, 5) is 6.96. The molecule has 3 atom stereocenters. The third kappa shape index (κ3) is 3.61. The van der Waals surface area contributed by atoms with Crippen LogP contribution in [-0.2, 0) is 13.6 Å². The van der Waals surface area contributed by atoms with Crippen LogP contribution in [0.5, 0.6) is 0 Å². The van der Waals surface area contributed by atoms with E-state index in [0.717, 1.165) is 24.8 Å². The molecular formula is C16H30N4. The van der Waals surface area contributed by atoms with Crippen molar-refractivity contribution in [3.05, 3.63) is 18.2 Å². The first-order chi connectivity index (χ1) is 9.65. The van der Waals surface area contributed by atoms with Gasteiger partial charge in [0.1, 0.15) is 5.82 Å². The van der Waals surface area contributed by atoms with Gasteiger partial charge >= 0.3 is 0 Å². The quantitative estimate of drug-likeness (QED) is 0.867. The largest absolute Gasteiger partial charge is 0.337 e. The van der Waals surface area contributed by atoms with Crippen molar-refractivity contribution in [1.29, 1.82) is 0 Å². The fourth-order valence-corrected chi connectivity index (χ4v) is 3.48. The lowest BCUT2D eigenvalue weighted by Crippen LogP contribution is -2.51. The van der Waals surface area contributed by atoms with Crippen molar-refractivity contribution < 1.29 is 0 Å². The molecule has 1 aromatic rings. The number of nitrogens with one attached hydrogen (secondary N) is 1. The minimum absolute atomic E-state index is 0.630. The lowest BCUT2D eigenvalue weighted by Gasteiger charge is -2.41. The van der Waals surface area contributed by atoms with Gasteiger partial charge in [-0.3, -0.25) is 4.90 Å². The van der Waals surface area contributed by atoms with Gasteiger partial charge in [0.15, 0.2) is 0 Å². The Bertz CT molecular complexity index is 401. The highest BCUT2D eigenvalue weighted by Gasteiger charge is 2.32. The topological polar surface area (TPSA) is 33.1 Å². The van der Waals surface area contributed by atoms with Crippen molar-refractivity contribution >= 4 is 0 Å². The Kier molecular flexibility index (Phi) is 5.61. The number of likely N-dealkylation sites (N-methyl/N-ethyl adjacent to an activating group) is 2. The Morgan fingerprint density at radius 1 is 1.40 bits per heavy atom. The fraction of sp³-hybridized carbons (Fsp3) is 0.812. The van der Waals surface area contributed by atoms with Crippen LogP contribution in [0.2, 0.25) is 0 Å². The highest BCUT2D eigenvalue weighted by molar-refractivity contribution is 4.95. The zero-order valence-electron chi connectivity index (χ0n) is 13.5. The molecule has 2 rings (SSSR count). The lowest BCUT2D eigenvalue weighted by atomic mass is 9.80. The van der Waals surface area contributed by atoms with E-state index in [1.54, 1.807) is 0 Å². The molecule has 114 valence electrons. The molecular weight excluding hydrogens is 248 g/mol. The number of imidazole rings is 1. The van der Waals surface area contributed by atoms with Crippen molar-refractivity contribution in [3.63, 3.8) is 0 Å². The Hall–Kier alpha value is -0.870. The molecule has 4 nitrogen and oxygen atoms in total. The minimum Gasteiger partial charge on any atom is -0.337 e. The maximum Gasteiger partial charge on any atom is 0.122 e. The molecule has 20 heavy (non-hydrogen) atoms. The predicted molar refractivity (Wildman–Crippen MR) is 83.6 cm³/mol. The summed E-state index contributed by atoms with van der Waals surface area (Å²) in [6.45, 7) is 6.54. The van der Waals surface area contributed by atoms with Crippen LogP contribution in [0.4, 0.5) is 0 Å². The van der Waals surface area contributed by atoms with E-state index in [1.165, 1.54) is 25.7 Å². The van der Waals surface area contributed by atoms with Gasteiger partial charge in [0, 0.05) is 31.5 Å². The Morgan fingerprint density at radius 2 is 2.20 bits per heavy atom. The van der Waals surface area contributed by atoms with Crippen molar-refractivity contribution in [2.75, 3.05) is 13.6 Å². The molecule has 0 bridgehead atoms. The second-order valence-corrected chi connectivity index (χ2v) is 6.19. The summed E-state index contributed by atoms with van der Waals surface area (Å²) in [5.74, 6) is 2.04. The molecule has 1 saturated carbocycles. The number of aryl methyl sites for hydroxylation is 1. The lowest BCUT2D eigenvalue weighted by molar-refractivity contribution is 0.110. The van der Waals surface area contributed by atoms with Crippen LogP contribution in [0, 0.1) is 5.92 Å². The van der Waals surface area contributed by atoms with E-state index in [9.17, 15) is 0 Å². The van der Waals surface area contributed by atoms with Crippen LogP contribution >= 0.6 is 0 Å². The average Bonchev–Trinajstić information content (AvgIpc) is 2.85. The van der Waals surface area contributed by atoms with Gasteiger partial charge in [0.25, 0.3) is 0 Å². The molecule has 3 unspecified atom stereocenters. The molecule has 0 saturated heterocycles. The maximum atomic E-state index is 4.46. The zero-order valence-corrected chi connectivity index (χ0v) is 13.5. The monoisotopic (exact) mass is 278 g/mol. The van der Waals surface area contributed by atoms with E-state index in [-0.39, 0.29) is 0 Å². The summed E-state index contributed by atoms with van der Waals surface area (Å²) in [7, 11) is 4.33. The van der Waals surface area contributed by atoms with Crippen LogP contribution in [0.25, 0.3) is 0 Å². The third-order valence-electron chi connectivity index (χ3n) is 4.85. The Labute approximate surface area is 123 Å². The standard InChI is InChI=1S/C16H30N4/c1-5-13-7-8-14(17-6-2)15(11-13)20(4)12-16-18-9-10-19(16)3/h9-10,13-15,17H,5-8,11-12H2,1-4H3. The van der Waals surface area contributed by atoms with E-state index >= 15 is 0 Å². The molecule has 1 fully saturated rings. The normalized spacial score (nSPS) is 27.1. The fourth-order valence-electron chi connectivity index (χ4n) is 3.48. The molecule has 1 heterocycles. The van der Waals surface area contributed by atoms with Crippen molar-refractivity contribution in [2.45, 2.75) is 58.2 Å². The summed E-state index contributed by atoms with van der Waals surface area (Å²) in [6, 6.07) is 1.26. The first-order valence-corrected chi connectivity index (χ1v) is 8.05. The van der Waals surface area contributed by atoms with Gasteiger partial charge in [-0.1, -0.05) is 20.3 Å². The van der Waals surface area contributed by atoms with E-state index in [1.807, 2.05) is 12.4 Å². The molecule has 1 aliphatic rings. The van der Waals surface area contributed by atoms with Gasteiger partial charge < -0.3 is 9.88 Å². The predicted octanol–water partition coefficient (Wildman–Crippen LogP) is 2.41. The second kappa shape index (κ2) is 7.23. The molecule has 0 radical (unpaired) electrons. The van der Waals surface area contributed by atoms with E-state index in [0.29, 0.717) is 12.1 Å². The SMILES string of the molecule is CCNC1CCC(CC)CC1N(C)Cc1nccn1C. The molecule has 0 aromatic carbocycles. The first-order valence-electron chi connectivity index (χ1n) is 8.05. The van der Waals surface area contributed by atoms with E-state index in [4.69, 9.17) is 0 Å². The Morgan fingerprint density at radius 3 is 2.80 bits per heavy atom. The van der Waals surface area contributed by atoms with Gasteiger partial charge in [0.2, 0.25) is 0 Å². The summed E-state index contributed by atoms with van der Waals surface area (Å²) >= 11 is 0. The highest BCUT2D eigenvalue weighted by Crippen LogP contribution is 2.30. The van der Waals surface area contributed by atoms with Crippen LogP contribution in [-0.4, -0.2) is 40.1 Å². The minimum atomic E-state index is 0.630. The smallest absolute Gasteiger partial charge is 0.122 e. The second-order valence-electron chi connectivity index (χ2n) is 6.19. The van der Waals surface area contributed by atoms with Crippen molar-refractivity contribution in [3.8, 4) is 0 Å². The third-order valence-corrected chi connectivity index (χ3v) is 4.85. The average molecular weight is 278 g/mol. The van der Waals surface area contributed by atoms with Crippen LogP contribution in [0.3, 0.4) is 0 Å². The van der Waals surface area contributed by atoms with Gasteiger partial charge in [-0.2, -0.15) is 0 Å². The van der Waals surface area contributed by atoms with Gasteiger partial charge in [-0.15, -0.1) is 0 Å². The Balaban J connectivity index is 2.02. The molecule has 1 aromatic heterocycles.